The van der Waals surface area contributed by atoms with Gasteiger partial charge in [-0.1, -0.05) is 59.2 Å². The van der Waals surface area contributed by atoms with Gasteiger partial charge >= 0.3 is 5.97 Å². The Morgan fingerprint density at radius 1 is 1.11 bits per heavy atom. The van der Waals surface area contributed by atoms with Crippen LogP contribution in [0.15, 0.2) is 65.9 Å². The molecule has 0 fully saturated rings. The van der Waals surface area contributed by atoms with E-state index in [9.17, 15) is 9.59 Å². The van der Waals surface area contributed by atoms with Crippen LogP contribution in [0.25, 0.3) is 0 Å². The number of ketones is 1. The summed E-state index contributed by atoms with van der Waals surface area (Å²) < 4.78 is 6.34. The van der Waals surface area contributed by atoms with Crippen LogP contribution in [0.5, 0.6) is 0 Å². The van der Waals surface area contributed by atoms with E-state index in [-0.39, 0.29) is 23.0 Å². The summed E-state index contributed by atoms with van der Waals surface area (Å²) in [5.41, 5.74) is 1.30. The molecular formula is C19H14ClN5O3. The molecule has 0 amide bonds. The van der Waals surface area contributed by atoms with E-state index in [2.05, 4.69) is 20.8 Å². The summed E-state index contributed by atoms with van der Waals surface area (Å²) in [6, 6.07) is 14.9. The number of allylic oxidation sites excluding steroid dienone is 1. The molecule has 0 radical (unpaired) electrons. The van der Waals surface area contributed by atoms with E-state index in [0.717, 1.165) is 0 Å². The molecule has 0 bridgehead atoms. The van der Waals surface area contributed by atoms with E-state index in [4.69, 9.17) is 16.3 Å². The van der Waals surface area contributed by atoms with Gasteiger partial charge in [0.15, 0.2) is 5.78 Å². The van der Waals surface area contributed by atoms with Gasteiger partial charge in [-0.2, -0.15) is 4.68 Å². The fourth-order valence-corrected chi connectivity index (χ4v) is 3.21. The number of aromatic nitrogens is 4. The number of methoxy groups -OCH3 is 1. The van der Waals surface area contributed by atoms with E-state index in [1.54, 1.807) is 48.5 Å². The number of rotatable bonds is 4. The summed E-state index contributed by atoms with van der Waals surface area (Å²) in [4.78, 5) is 25.9. The minimum absolute atomic E-state index is 0.00129. The first kappa shape index (κ1) is 17.9. The highest BCUT2D eigenvalue weighted by molar-refractivity contribution is 6.30. The number of fused-ring (bicyclic) bond motifs is 1. The van der Waals surface area contributed by atoms with E-state index in [1.807, 2.05) is 6.07 Å². The van der Waals surface area contributed by atoms with Crippen molar-refractivity contribution in [2.75, 3.05) is 12.4 Å². The number of esters is 1. The Labute approximate surface area is 164 Å². The minimum atomic E-state index is -0.731. The number of tetrazole rings is 1. The number of benzene rings is 2. The molecule has 1 atom stereocenters. The topological polar surface area (TPSA) is 99.0 Å². The highest BCUT2D eigenvalue weighted by Gasteiger charge is 2.38. The zero-order valence-electron chi connectivity index (χ0n) is 14.7. The molecule has 1 N–H and O–H groups in total. The van der Waals surface area contributed by atoms with Crippen molar-refractivity contribution in [3.63, 3.8) is 0 Å². The average molecular weight is 396 g/mol. The van der Waals surface area contributed by atoms with Crippen LogP contribution in [0.1, 0.15) is 22.0 Å². The fraction of sp³-hybridized carbons (Fsp3) is 0.105. The van der Waals surface area contributed by atoms with Crippen LogP contribution < -0.4 is 5.32 Å². The SMILES string of the molecule is COC(=O)C1=C(C(=O)c2ccccc2)[C@H](c2ccc(Cl)cc2)n2nnnc2N1. The van der Waals surface area contributed by atoms with Crippen molar-refractivity contribution >= 4 is 29.3 Å². The molecule has 140 valence electrons. The van der Waals surface area contributed by atoms with Gasteiger partial charge in [-0.25, -0.2) is 4.79 Å². The van der Waals surface area contributed by atoms with Gasteiger partial charge in [-0.05, 0) is 28.1 Å². The van der Waals surface area contributed by atoms with Crippen LogP contribution >= 0.6 is 11.6 Å². The smallest absolute Gasteiger partial charge is 0.355 e. The Bertz CT molecular complexity index is 1080. The predicted molar refractivity (Wildman–Crippen MR) is 101 cm³/mol. The lowest BCUT2D eigenvalue weighted by Gasteiger charge is -2.28. The third-order valence-corrected chi connectivity index (χ3v) is 4.62. The summed E-state index contributed by atoms with van der Waals surface area (Å²) in [7, 11) is 1.25. The Hall–Kier alpha value is -3.52. The second-order valence-electron chi connectivity index (χ2n) is 6.00. The van der Waals surface area contributed by atoms with E-state index in [0.29, 0.717) is 16.1 Å². The second-order valence-corrected chi connectivity index (χ2v) is 6.44. The number of nitrogens with one attached hydrogen (secondary N) is 1. The molecule has 2 heterocycles. The molecule has 0 saturated carbocycles. The van der Waals surface area contributed by atoms with Crippen molar-refractivity contribution in [2.24, 2.45) is 0 Å². The van der Waals surface area contributed by atoms with Crippen LogP contribution in [-0.4, -0.2) is 39.1 Å². The Balaban J connectivity index is 1.95. The van der Waals surface area contributed by atoms with Crippen LogP contribution in [0.2, 0.25) is 5.02 Å². The fourth-order valence-electron chi connectivity index (χ4n) is 3.09. The first-order chi connectivity index (χ1) is 13.6. The molecule has 0 spiro atoms. The molecular weight excluding hydrogens is 382 g/mol. The quantitative estimate of drug-likeness (QED) is 0.535. The summed E-state index contributed by atoms with van der Waals surface area (Å²) in [5, 5.41) is 14.9. The molecule has 1 aliphatic heterocycles. The molecule has 9 heteroatoms. The highest BCUT2D eigenvalue weighted by Crippen LogP contribution is 2.36. The number of anilines is 1. The molecule has 2 aromatic carbocycles. The normalized spacial score (nSPS) is 15.6. The van der Waals surface area contributed by atoms with Crippen LogP contribution in [-0.2, 0) is 9.53 Å². The summed E-state index contributed by atoms with van der Waals surface area (Å²) in [5.74, 6) is -0.799. The Morgan fingerprint density at radius 3 is 2.50 bits per heavy atom. The third kappa shape index (κ3) is 3.03. The van der Waals surface area contributed by atoms with Crippen LogP contribution in [0.4, 0.5) is 5.95 Å². The average Bonchev–Trinajstić information content (AvgIpc) is 3.21. The molecule has 28 heavy (non-hydrogen) atoms. The number of ether oxygens (including phenoxy) is 1. The second kappa shape index (κ2) is 7.24. The summed E-state index contributed by atoms with van der Waals surface area (Å²) in [6.45, 7) is 0. The number of hydrogen-bond donors (Lipinski definition) is 1. The van der Waals surface area contributed by atoms with Gasteiger partial charge in [0.1, 0.15) is 11.7 Å². The predicted octanol–water partition coefficient (Wildman–Crippen LogP) is 2.65. The monoisotopic (exact) mass is 395 g/mol. The first-order valence-electron chi connectivity index (χ1n) is 8.32. The number of carbonyl (C=O) groups excluding carboxylic acids is 2. The third-order valence-electron chi connectivity index (χ3n) is 4.37. The van der Waals surface area contributed by atoms with Gasteiger partial charge in [-0.3, -0.25) is 4.79 Å². The standard InChI is InChI=1S/C19H14ClN5O3/c1-28-18(27)15-14(17(26)12-5-3-2-4-6-12)16(11-7-9-13(20)10-8-11)25-19(21-15)22-23-24-25/h2-10,16H,1H3,(H,21,22,24)/t16-/m0/s1. The Kier molecular flexibility index (Phi) is 4.62. The van der Waals surface area contributed by atoms with Crippen molar-refractivity contribution < 1.29 is 14.3 Å². The lowest BCUT2D eigenvalue weighted by atomic mass is 9.89. The molecule has 1 aliphatic rings. The molecule has 1 aromatic heterocycles. The summed E-state index contributed by atoms with van der Waals surface area (Å²) >= 11 is 6.01. The lowest BCUT2D eigenvalue weighted by molar-refractivity contribution is -0.136. The largest absolute Gasteiger partial charge is 0.464 e. The molecule has 0 aliphatic carbocycles. The minimum Gasteiger partial charge on any atom is -0.464 e. The first-order valence-corrected chi connectivity index (χ1v) is 8.70. The maximum absolute atomic E-state index is 13.4. The van der Waals surface area contributed by atoms with E-state index < -0.39 is 12.0 Å². The van der Waals surface area contributed by atoms with Crippen LogP contribution in [0.3, 0.4) is 0 Å². The van der Waals surface area contributed by atoms with Gasteiger partial charge < -0.3 is 10.1 Å². The lowest BCUT2D eigenvalue weighted by Crippen LogP contribution is -2.32. The number of nitrogens with zero attached hydrogens (tertiary/aromatic N) is 4. The van der Waals surface area contributed by atoms with Crippen molar-refractivity contribution in [1.29, 1.82) is 0 Å². The maximum atomic E-state index is 13.4. The van der Waals surface area contributed by atoms with Gasteiger partial charge in [-0.15, -0.1) is 0 Å². The highest BCUT2D eigenvalue weighted by atomic mass is 35.5. The molecule has 4 rings (SSSR count). The number of hydrogen-bond acceptors (Lipinski definition) is 7. The molecule has 8 nitrogen and oxygen atoms in total. The zero-order chi connectivity index (χ0) is 19.7. The van der Waals surface area contributed by atoms with Crippen molar-refractivity contribution in [3.8, 4) is 0 Å². The number of carbonyl (C=O) groups is 2. The number of Topliss-reactive ketones (excluding diaryl/α,β-unsaturated/α-hetero) is 1. The van der Waals surface area contributed by atoms with Crippen molar-refractivity contribution in [1.82, 2.24) is 20.2 Å². The maximum Gasteiger partial charge on any atom is 0.355 e. The van der Waals surface area contributed by atoms with Gasteiger partial charge in [0, 0.05) is 10.6 Å². The molecule has 3 aromatic rings. The zero-order valence-corrected chi connectivity index (χ0v) is 15.4. The molecule has 0 unspecified atom stereocenters. The summed E-state index contributed by atoms with van der Waals surface area (Å²) in [6.07, 6.45) is 0. The van der Waals surface area contributed by atoms with Gasteiger partial charge in [0.2, 0.25) is 5.95 Å². The van der Waals surface area contributed by atoms with Crippen LogP contribution in [0, 0.1) is 0 Å². The van der Waals surface area contributed by atoms with Crippen molar-refractivity contribution in [2.45, 2.75) is 6.04 Å². The van der Waals surface area contributed by atoms with Crippen molar-refractivity contribution in [3.05, 3.63) is 82.0 Å². The van der Waals surface area contributed by atoms with Gasteiger partial charge in [0.05, 0.1) is 12.7 Å². The Morgan fingerprint density at radius 2 is 1.82 bits per heavy atom. The van der Waals surface area contributed by atoms with E-state index >= 15 is 0 Å². The number of halogens is 1. The molecule has 0 saturated heterocycles. The van der Waals surface area contributed by atoms with Gasteiger partial charge in [0.25, 0.3) is 0 Å². The van der Waals surface area contributed by atoms with E-state index in [1.165, 1.54) is 11.8 Å².